The number of piperidine rings is 1. The zero-order valence-electron chi connectivity index (χ0n) is 18.7. The van der Waals surface area contributed by atoms with Crippen LogP contribution in [0, 0.1) is 17.7 Å². The first-order chi connectivity index (χ1) is 15.2. The average molecular weight is 462 g/mol. The van der Waals surface area contributed by atoms with E-state index in [0.29, 0.717) is 12.1 Å². The van der Waals surface area contributed by atoms with Gasteiger partial charge in [0.15, 0.2) is 0 Å². The van der Waals surface area contributed by atoms with E-state index in [1.807, 2.05) is 0 Å². The van der Waals surface area contributed by atoms with Gasteiger partial charge in [0.25, 0.3) is 5.91 Å². The van der Waals surface area contributed by atoms with Gasteiger partial charge in [-0.2, -0.15) is 0 Å². The lowest BCUT2D eigenvalue weighted by molar-refractivity contribution is 0.0947. The van der Waals surface area contributed by atoms with Crippen molar-refractivity contribution in [2.45, 2.75) is 38.1 Å². The molecule has 0 spiro atoms. The van der Waals surface area contributed by atoms with Gasteiger partial charge >= 0.3 is 0 Å². The Morgan fingerprint density at radius 2 is 1.66 bits per heavy atom. The Hall–Kier alpha value is -2.29. The Labute approximate surface area is 190 Å². The van der Waals surface area contributed by atoms with Gasteiger partial charge in [-0.1, -0.05) is 26.0 Å². The number of sulfonamides is 1. The molecule has 1 heterocycles. The molecule has 32 heavy (non-hydrogen) atoms. The summed E-state index contributed by atoms with van der Waals surface area (Å²) in [4.78, 5) is 14.9. The number of nitrogens with zero attached hydrogens (tertiary/aromatic N) is 1. The van der Waals surface area contributed by atoms with Gasteiger partial charge in [0.1, 0.15) is 5.82 Å². The zero-order valence-corrected chi connectivity index (χ0v) is 19.5. The minimum absolute atomic E-state index is 0.00312. The monoisotopic (exact) mass is 461 g/mol. The standard InChI is InChI=1S/C24H32FN3O3S/c1-18-14-19(2)17-28(16-18)13-3-12-26-24(29)21-6-4-20(5-7-21)15-27-32(30,31)23-10-8-22(25)9-11-23/h4-11,18-19,27H,3,12-17H2,1-2H3,(H,26,29)/t18-,19-/m0/s1. The SMILES string of the molecule is C[C@H]1C[C@H](C)CN(CCCNC(=O)c2ccc(CNS(=O)(=O)c3ccc(F)cc3)cc2)C1. The first-order valence-electron chi connectivity index (χ1n) is 11.1. The summed E-state index contributed by atoms with van der Waals surface area (Å²) in [5, 5.41) is 2.95. The van der Waals surface area contributed by atoms with Crippen molar-refractivity contribution in [1.29, 1.82) is 0 Å². The molecule has 0 bridgehead atoms. The summed E-state index contributed by atoms with van der Waals surface area (Å²) in [5.74, 6) is 0.830. The smallest absolute Gasteiger partial charge is 0.251 e. The number of rotatable bonds is 9. The molecule has 0 aliphatic carbocycles. The van der Waals surface area contributed by atoms with E-state index in [0.717, 1.165) is 55.6 Å². The van der Waals surface area contributed by atoms with Crippen molar-refractivity contribution in [2.75, 3.05) is 26.2 Å². The maximum atomic E-state index is 13.0. The Balaban J connectivity index is 1.42. The molecular formula is C24H32FN3O3S. The highest BCUT2D eigenvalue weighted by Gasteiger charge is 2.21. The molecule has 0 unspecified atom stereocenters. The van der Waals surface area contributed by atoms with Crippen LogP contribution in [-0.4, -0.2) is 45.4 Å². The molecule has 1 aliphatic rings. The molecule has 0 saturated carbocycles. The van der Waals surface area contributed by atoms with Gasteiger partial charge in [-0.15, -0.1) is 0 Å². The van der Waals surface area contributed by atoms with Gasteiger partial charge in [-0.25, -0.2) is 17.5 Å². The van der Waals surface area contributed by atoms with Crippen molar-refractivity contribution in [3.05, 3.63) is 65.5 Å². The van der Waals surface area contributed by atoms with E-state index >= 15 is 0 Å². The normalized spacial score (nSPS) is 19.6. The predicted molar refractivity (Wildman–Crippen MR) is 123 cm³/mol. The van der Waals surface area contributed by atoms with Crippen molar-refractivity contribution in [2.24, 2.45) is 11.8 Å². The fraction of sp³-hybridized carbons (Fsp3) is 0.458. The summed E-state index contributed by atoms with van der Waals surface area (Å²) in [6.45, 7) is 8.53. The van der Waals surface area contributed by atoms with E-state index < -0.39 is 15.8 Å². The first-order valence-corrected chi connectivity index (χ1v) is 12.6. The van der Waals surface area contributed by atoms with Crippen LogP contribution in [0.1, 0.15) is 42.6 Å². The van der Waals surface area contributed by atoms with E-state index in [4.69, 9.17) is 0 Å². The van der Waals surface area contributed by atoms with E-state index in [-0.39, 0.29) is 17.3 Å². The number of carbonyl (C=O) groups is 1. The van der Waals surface area contributed by atoms with Crippen molar-refractivity contribution >= 4 is 15.9 Å². The predicted octanol–water partition coefficient (Wildman–Crippen LogP) is 3.40. The highest BCUT2D eigenvalue weighted by atomic mass is 32.2. The summed E-state index contributed by atoms with van der Waals surface area (Å²) < 4.78 is 40.0. The molecule has 1 saturated heterocycles. The number of hydrogen-bond donors (Lipinski definition) is 2. The summed E-state index contributed by atoms with van der Waals surface area (Å²) in [6, 6.07) is 11.5. The zero-order chi connectivity index (χ0) is 23.1. The number of hydrogen-bond acceptors (Lipinski definition) is 4. The van der Waals surface area contributed by atoms with Crippen molar-refractivity contribution in [1.82, 2.24) is 14.9 Å². The summed E-state index contributed by atoms with van der Waals surface area (Å²) in [5.41, 5.74) is 1.26. The molecule has 0 aromatic heterocycles. The Kier molecular flexibility index (Phi) is 8.39. The van der Waals surface area contributed by atoms with Crippen molar-refractivity contribution < 1.29 is 17.6 Å². The Morgan fingerprint density at radius 1 is 1.03 bits per heavy atom. The summed E-state index contributed by atoms with van der Waals surface area (Å²) in [6.07, 6.45) is 2.20. The maximum absolute atomic E-state index is 13.0. The third-order valence-corrected chi connectivity index (χ3v) is 7.10. The molecule has 6 nitrogen and oxygen atoms in total. The van der Waals surface area contributed by atoms with Gasteiger partial charge in [0.05, 0.1) is 4.90 Å². The van der Waals surface area contributed by atoms with Gasteiger partial charge < -0.3 is 10.2 Å². The second-order valence-electron chi connectivity index (χ2n) is 8.79. The second kappa shape index (κ2) is 11.0. The summed E-state index contributed by atoms with van der Waals surface area (Å²) >= 11 is 0. The Bertz CT molecular complexity index is 984. The van der Waals surface area contributed by atoms with Gasteiger partial charge in [0.2, 0.25) is 10.0 Å². The molecular weight excluding hydrogens is 429 g/mol. The van der Waals surface area contributed by atoms with Crippen LogP contribution in [0.15, 0.2) is 53.4 Å². The van der Waals surface area contributed by atoms with Crippen LogP contribution in [0.3, 0.4) is 0 Å². The molecule has 2 atom stereocenters. The number of halogens is 1. The van der Waals surface area contributed by atoms with E-state index in [1.54, 1.807) is 24.3 Å². The number of likely N-dealkylation sites (tertiary alicyclic amines) is 1. The maximum Gasteiger partial charge on any atom is 0.251 e. The molecule has 1 aliphatic heterocycles. The van der Waals surface area contributed by atoms with Crippen LogP contribution in [0.25, 0.3) is 0 Å². The second-order valence-corrected chi connectivity index (χ2v) is 10.6. The quantitative estimate of drug-likeness (QED) is 0.561. The lowest BCUT2D eigenvalue weighted by atomic mass is 9.92. The minimum atomic E-state index is -3.73. The van der Waals surface area contributed by atoms with Crippen LogP contribution >= 0.6 is 0 Å². The molecule has 3 rings (SSSR count). The molecule has 1 amide bonds. The fourth-order valence-electron chi connectivity index (χ4n) is 4.23. The Morgan fingerprint density at radius 3 is 2.28 bits per heavy atom. The number of nitrogens with one attached hydrogen (secondary N) is 2. The van der Waals surface area contributed by atoms with E-state index in [1.165, 1.54) is 18.6 Å². The molecule has 2 aromatic carbocycles. The van der Waals surface area contributed by atoms with E-state index in [2.05, 4.69) is 28.8 Å². The topological polar surface area (TPSA) is 78.5 Å². The minimum Gasteiger partial charge on any atom is -0.352 e. The third-order valence-electron chi connectivity index (χ3n) is 5.69. The van der Waals surface area contributed by atoms with Crippen LogP contribution in [0.4, 0.5) is 4.39 Å². The highest BCUT2D eigenvalue weighted by molar-refractivity contribution is 7.89. The molecule has 8 heteroatoms. The van der Waals surface area contributed by atoms with Crippen LogP contribution in [0.2, 0.25) is 0 Å². The lowest BCUT2D eigenvalue weighted by Gasteiger charge is -2.34. The molecule has 2 N–H and O–H groups in total. The average Bonchev–Trinajstić information content (AvgIpc) is 2.75. The molecule has 0 radical (unpaired) electrons. The van der Waals surface area contributed by atoms with Crippen LogP contribution < -0.4 is 10.0 Å². The molecule has 1 fully saturated rings. The van der Waals surface area contributed by atoms with Gasteiger partial charge in [-0.05, 0) is 73.2 Å². The summed E-state index contributed by atoms with van der Waals surface area (Å²) in [7, 11) is -3.73. The first kappa shape index (κ1) is 24.4. The van der Waals surface area contributed by atoms with Crippen LogP contribution in [0.5, 0.6) is 0 Å². The number of benzene rings is 2. The van der Waals surface area contributed by atoms with Crippen molar-refractivity contribution in [3.8, 4) is 0 Å². The fourth-order valence-corrected chi connectivity index (χ4v) is 5.25. The lowest BCUT2D eigenvalue weighted by Crippen LogP contribution is -2.40. The van der Waals surface area contributed by atoms with Crippen LogP contribution in [-0.2, 0) is 16.6 Å². The molecule has 2 aromatic rings. The van der Waals surface area contributed by atoms with Gasteiger partial charge in [-0.3, -0.25) is 4.79 Å². The third kappa shape index (κ3) is 7.12. The highest BCUT2D eigenvalue weighted by Crippen LogP contribution is 2.20. The largest absolute Gasteiger partial charge is 0.352 e. The van der Waals surface area contributed by atoms with Gasteiger partial charge in [0, 0.05) is 31.7 Å². The number of carbonyl (C=O) groups excluding carboxylic acids is 1. The number of amides is 1. The van der Waals surface area contributed by atoms with E-state index in [9.17, 15) is 17.6 Å². The van der Waals surface area contributed by atoms with Crippen molar-refractivity contribution in [3.63, 3.8) is 0 Å². The molecule has 174 valence electrons.